The Bertz CT molecular complexity index is 466. The predicted molar refractivity (Wildman–Crippen MR) is 74.8 cm³/mol. The molecule has 2 N–H and O–H groups in total. The summed E-state index contributed by atoms with van der Waals surface area (Å²) in [6, 6.07) is 3.06. The molecule has 0 aliphatic heterocycles. The van der Waals surface area contributed by atoms with Gasteiger partial charge in [0.2, 0.25) is 5.75 Å². The number of hydrogen-bond acceptors (Lipinski definition) is 6. The third-order valence-corrected chi connectivity index (χ3v) is 2.87. The first-order valence-electron chi connectivity index (χ1n) is 5.31. The van der Waals surface area contributed by atoms with Crippen molar-refractivity contribution < 1.29 is 19.0 Å². The van der Waals surface area contributed by atoms with Gasteiger partial charge in [0.15, 0.2) is 16.7 Å². The number of ether oxygens (including phenoxy) is 3. The van der Waals surface area contributed by atoms with Crippen LogP contribution in [-0.4, -0.2) is 38.7 Å². The van der Waals surface area contributed by atoms with Crippen LogP contribution >= 0.6 is 11.8 Å². The van der Waals surface area contributed by atoms with Crippen molar-refractivity contribution in [2.75, 3.05) is 27.6 Å². The topological polar surface area (TPSA) is 80.6 Å². The molecule has 1 aromatic carbocycles. The summed E-state index contributed by atoms with van der Waals surface area (Å²) >= 11 is 1.14. The standard InChI is InChI=1S/C12H16N2O4S/c1-16-8-5-7(11(15)14-12(13)19-4)6-9(17-2)10(8)18-3/h5-6H,1-4H3,(H2,13,14,15). The maximum atomic E-state index is 11.9. The van der Waals surface area contributed by atoms with E-state index in [1.807, 2.05) is 0 Å². The van der Waals surface area contributed by atoms with E-state index in [0.29, 0.717) is 22.8 Å². The van der Waals surface area contributed by atoms with Gasteiger partial charge in [-0.1, -0.05) is 11.8 Å². The summed E-state index contributed by atoms with van der Waals surface area (Å²) in [5.74, 6) is 0.797. The van der Waals surface area contributed by atoms with Crippen molar-refractivity contribution in [2.24, 2.45) is 0 Å². The molecule has 0 saturated heterocycles. The summed E-state index contributed by atoms with van der Waals surface area (Å²) < 4.78 is 15.5. The number of carbonyl (C=O) groups is 1. The second-order valence-electron chi connectivity index (χ2n) is 3.40. The molecule has 1 rings (SSSR count). The molecule has 19 heavy (non-hydrogen) atoms. The van der Waals surface area contributed by atoms with Crippen LogP contribution in [0.15, 0.2) is 12.1 Å². The zero-order chi connectivity index (χ0) is 14.4. The van der Waals surface area contributed by atoms with Crippen LogP contribution in [0.3, 0.4) is 0 Å². The minimum atomic E-state index is -0.404. The van der Waals surface area contributed by atoms with Crippen molar-refractivity contribution >= 4 is 22.8 Å². The van der Waals surface area contributed by atoms with Gasteiger partial charge in [0.05, 0.1) is 21.3 Å². The van der Waals surface area contributed by atoms with E-state index in [1.54, 1.807) is 6.26 Å². The average molecular weight is 284 g/mol. The Labute approximate surface area is 115 Å². The van der Waals surface area contributed by atoms with Gasteiger partial charge in [-0.3, -0.25) is 10.2 Å². The summed E-state index contributed by atoms with van der Waals surface area (Å²) in [5, 5.41) is 9.95. The highest BCUT2D eigenvalue weighted by Gasteiger charge is 2.17. The lowest BCUT2D eigenvalue weighted by molar-refractivity contribution is 0.0977. The second-order valence-corrected chi connectivity index (χ2v) is 4.22. The van der Waals surface area contributed by atoms with Gasteiger partial charge >= 0.3 is 0 Å². The predicted octanol–water partition coefficient (Wildman–Crippen LogP) is 1.74. The highest BCUT2D eigenvalue weighted by atomic mass is 32.2. The van der Waals surface area contributed by atoms with Crippen LogP contribution in [-0.2, 0) is 0 Å². The summed E-state index contributed by atoms with van der Waals surface area (Å²) in [5.41, 5.74) is 0.327. The van der Waals surface area contributed by atoms with E-state index in [0.717, 1.165) is 11.8 Å². The van der Waals surface area contributed by atoms with Crippen LogP contribution in [0.5, 0.6) is 17.2 Å². The number of benzene rings is 1. The Morgan fingerprint density at radius 1 is 1.16 bits per heavy atom. The Hall–Kier alpha value is -1.89. The van der Waals surface area contributed by atoms with Gasteiger partial charge in [-0.2, -0.15) is 0 Å². The van der Waals surface area contributed by atoms with Crippen LogP contribution in [0.1, 0.15) is 10.4 Å². The van der Waals surface area contributed by atoms with E-state index in [1.165, 1.54) is 33.5 Å². The van der Waals surface area contributed by atoms with Crippen LogP contribution in [0, 0.1) is 5.41 Å². The van der Waals surface area contributed by atoms with Gasteiger partial charge in [0.25, 0.3) is 5.91 Å². The molecule has 0 aliphatic rings. The number of amides is 1. The lowest BCUT2D eigenvalue weighted by atomic mass is 10.1. The minimum Gasteiger partial charge on any atom is -0.493 e. The lowest BCUT2D eigenvalue weighted by Gasteiger charge is -2.13. The summed E-state index contributed by atoms with van der Waals surface area (Å²) in [6.45, 7) is 0. The molecule has 1 aromatic rings. The van der Waals surface area contributed by atoms with Gasteiger partial charge in [0, 0.05) is 5.56 Å². The zero-order valence-electron chi connectivity index (χ0n) is 11.2. The molecule has 1 amide bonds. The monoisotopic (exact) mass is 284 g/mol. The van der Waals surface area contributed by atoms with Crippen LogP contribution in [0.25, 0.3) is 0 Å². The average Bonchev–Trinajstić information content (AvgIpc) is 2.44. The third kappa shape index (κ3) is 3.54. The smallest absolute Gasteiger partial charge is 0.257 e. The third-order valence-electron chi connectivity index (χ3n) is 2.36. The van der Waals surface area contributed by atoms with E-state index in [9.17, 15) is 4.79 Å². The van der Waals surface area contributed by atoms with Crippen molar-refractivity contribution in [1.82, 2.24) is 5.32 Å². The lowest BCUT2D eigenvalue weighted by Crippen LogP contribution is -2.27. The fourth-order valence-electron chi connectivity index (χ4n) is 1.44. The van der Waals surface area contributed by atoms with Crippen LogP contribution in [0.2, 0.25) is 0 Å². The number of rotatable bonds is 4. The van der Waals surface area contributed by atoms with E-state index >= 15 is 0 Å². The number of thioether (sulfide) groups is 1. The second kappa shape index (κ2) is 6.89. The molecule has 0 aromatic heterocycles. The van der Waals surface area contributed by atoms with Crippen molar-refractivity contribution in [2.45, 2.75) is 0 Å². The molecular weight excluding hydrogens is 268 g/mol. The van der Waals surface area contributed by atoms with Gasteiger partial charge in [-0.05, 0) is 18.4 Å². The Morgan fingerprint density at radius 3 is 2.05 bits per heavy atom. The maximum absolute atomic E-state index is 11.9. The van der Waals surface area contributed by atoms with Crippen molar-refractivity contribution in [3.05, 3.63) is 17.7 Å². The molecule has 0 unspecified atom stereocenters. The highest BCUT2D eigenvalue weighted by Crippen LogP contribution is 2.38. The fourth-order valence-corrected chi connectivity index (χ4v) is 1.63. The maximum Gasteiger partial charge on any atom is 0.257 e. The minimum absolute atomic E-state index is 0.0683. The van der Waals surface area contributed by atoms with Crippen LogP contribution < -0.4 is 19.5 Å². The van der Waals surface area contributed by atoms with Gasteiger partial charge in [-0.25, -0.2) is 0 Å². The molecule has 0 fully saturated rings. The molecule has 0 saturated carbocycles. The van der Waals surface area contributed by atoms with Crippen molar-refractivity contribution in [3.8, 4) is 17.2 Å². The molecule has 104 valence electrons. The Balaban J connectivity index is 3.15. The number of carbonyl (C=O) groups excluding carboxylic acids is 1. The quantitative estimate of drug-likeness (QED) is 0.650. The van der Waals surface area contributed by atoms with Gasteiger partial charge < -0.3 is 19.5 Å². The molecular formula is C12H16N2O4S. The molecule has 0 radical (unpaired) electrons. The molecule has 0 aliphatic carbocycles. The molecule has 7 heteroatoms. The Morgan fingerprint density at radius 2 is 1.68 bits per heavy atom. The summed E-state index contributed by atoms with van der Waals surface area (Å²) in [4.78, 5) is 11.9. The van der Waals surface area contributed by atoms with E-state index in [-0.39, 0.29) is 5.17 Å². The number of methoxy groups -OCH3 is 3. The number of amidine groups is 1. The zero-order valence-corrected chi connectivity index (χ0v) is 12.0. The SMILES string of the molecule is COc1cc(C(=O)NC(=N)SC)cc(OC)c1OC. The van der Waals surface area contributed by atoms with E-state index < -0.39 is 5.91 Å². The largest absolute Gasteiger partial charge is 0.493 e. The normalized spacial score (nSPS) is 9.68. The highest BCUT2D eigenvalue weighted by molar-refractivity contribution is 8.13. The van der Waals surface area contributed by atoms with E-state index in [2.05, 4.69) is 5.32 Å². The van der Waals surface area contributed by atoms with Crippen molar-refractivity contribution in [3.63, 3.8) is 0 Å². The molecule has 0 bridgehead atoms. The molecule has 0 atom stereocenters. The molecule has 0 heterocycles. The molecule has 6 nitrogen and oxygen atoms in total. The van der Waals surface area contributed by atoms with Gasteiger partial charge in [-0.15, -0.1) is 0 Å². The van der Waals surface area contributed by atoms with Crippen LogP contribution in [0.4, 0.5) is 0 Å². The summed E-state index contributed by atoms with van der Waals surface area (Å²) in [7, 11) is 4.44. The number of nitrogens with one attached hydrogen (secondary N) is 2. The number of hydrogen-bond donors (Lipinski definition) is 2. The van der Waals surface area contributed by atoms with Crippen molar-refractivity contribution in [1.29, 1.82) is 5.41 Å². The first kappa shape index (κ1) is 15.2. The van der Waals surface area contributed by atoms with E-state index in [4.69, 9.17) is 19.6 Å². The fraction of sp³-hybridized carbons (Fsp3) is 0.333. The first-order chi connectivity index (χ1) is 9.07. The Kier molecular flexibility index (Phi) is 5.50. The van der Waals surface area contributed by atoms with Gasteiger partial charge in [0.1, 0.15) is 0 Å². The molecule has 0 spiro atoms. The summed E-state index contributed by atoms with van der Waals surface area (Å²) in [6.07, 6.45) is 1.71. The first-order valence-corrected chi connectivity index (χ1v) is 6.53.